The fourth-order valence-electron chi connectivity index (χ4n) is 2.00. The number of hydrogen-bond donors (Lipinski definition) is 2. The van der Waals surface area contributed by atoms with Gasteiger partial charge in [0.15, 0.2) is 0 Å². The largest absolute Gasteiger partial charge is 0.490 e. The summed E-state index contributed by atoms with van der Waals surface area (Å²) in [5.41, 5.74) is 0. The van der Waals surface area contributed by atoms with Crippen molar-refractivity contribution in [2.45, 2.75) is 26.0 Å². The fraction of sp³-hybridized carbons (Fsp3) is 0.375. The normalized spacial score (nSPS) is 12.8. The van der Waals surface area contributed by atoms with Crippen LogP contribution in [0.1, 0.15) is 13.8 Å². The van der Waals surface area contributed by atoms with Gasteiger partial charge in [0, 0.05) is 5.39 Å². The lowest BCUT2D eigenvalue weighted by atomic mass is 10.1. The highest BCUT2D eigenvalue weighted by Gasteiger charge is 2.09. The molecule has 102 valence electrons. The van der Waals surface area contributed by atoms with E-state index >= 15 is 0 Å². The molecule has 2 aromatic rings. The Balaban J connectivity index is 1.98. The van der Waals surface area contributed by atoms with Crippen LogP contribution in [0.3, 0.4) is 0 Å². The Labute approximate surface area is 114 Å². The molecule has 2 aromatic carbocycles. The summed E-state index contributed by atoms with van der Waals surface area (Å²) in [6.07, 6.45) is -0.443. The number of aliphatic hydroxyl groups is 1. The van der Waals surface area contributed by atoms with Gasteiger partial charge in [-0.25, -0.2) is 0 Å². The molecule has 1 atom stereocenters. The van der Waals surface area contributed by atoms with E-state index in [1.165, 1.54) is 0 Å². The van der Waals surface area contributed by atoms with Crippen molar-refractivity contribution in [3.05, 3.63) is 42.5 Å². The molecule has 0 fully saturated rings. The predicted octanol–water partition coefficient (Wildman–Crippen LogP) is 1.55. The minimum absolute atomic E-state index is 0.331. The number of nitrogens with two attached hydrogens (primary N) is 1. The zero-order valence-electron chi connectivity index (χ0n) is 11.5. The van der Waals surface area contributed by atoms with Crippen molar-refractivity contribution in [1.29, 1.82) is 0 Å². The number of benzene rings is 2. The van der Waals surface area contributed by atoms with Gasteiger partial charge in [0.1, 0.15) is 25.0 Å². The average molecular weight is 260 g/mol. The third-order valence-corrected chi connectivity index (χ3v) is 3.06. The molecule has 3 nitrogen and oxygen atoms in total. The summed E-state index contributed by atoms with van der Waals surface area (Å²) in [6.45, 7) is 5.22. The molecular formula is C16H22NO2+. The predicted molar refractivity (Wildman–Crippen MR) is 77.4 cm³/mol. The van der Waals surface area contributed by atoms with Crippen LogP contribution in [0.5, 0.6) is 5.75 Å². The maximum absolute atomic E-state index is 9.88. The molecular weight excluding hydrogens is 238 g/mol. The van der Waals surface area contributed by atoms with Gasteiger partial charge in [0.2, 0.25) is 0 Å². The topological polar surface area (TPSA) is 46.1 Å². The molecule has 2 rings (SSSR count). The Morgan fingerprint density at radius 3 is 2.63 bits per heavy atom. The van der Waals surface area contributed by atoms with Crippen molar-refractivity contribution in [1.82, 2.24) is 0 Å². The Morgan fingerprint density at radius 2 is 1.84 bits per heavy atom. The molecule has 0 aliphatic rings. The van der Waals surface area contributed by atoms with Crippen molar-refractivity contribution in [3.8, 4) is 5.75 Å². The molecule has 0 saturated carbocycles. The highest BCUT2D eigenvalue weighted by molar-refractivity contribution is 5.88. The van der Waals surface area contributed by atoms with Crippen molar-refractivity contribution < 1.29 is 15.2 Å². The van der Waals surface area contributed by atoms with Crippen LogP contribution < -0.4 is 10.1 Å². The van der Waals surface area contributed by atoms with E-state index in [0.29, 0.717) is 19.2 Å². The summed E-state index contributed by atoms with van der Waals surface area (Å²) in [5.74, 6) is 0.835. The highest BCUT2D eigenvalue weighted by atomic mass is 16.5. The molecule has 0 aliphatic heterocycles. The second-order valence-corrected chi connectivity index (χ2v) is 5.16. The van der Waals surface area contributed by atoms with Gasteiger partial charge in [-0.2, -0.15) is 0 Å². The van der Waals surface area contributed by atoms with Crippen LogP contribution in [-0.4, -0.2) is 30.4 Å². The van der Waals surface area contributed by atoms with Crippen LogP contribution in [0.4, 0.5) is 0 Å². The third-order valence-electron chi connectivity index (χ3n) is 3.06. The zero-order chi connectivity index (χ0) is 13.7. The molecule has 0 aromatic heterocycles. The first-order valence-electron chi connectivity index (χ1n) is 6.79. The second kappa shape index (κ2) is 6.55. The first-order valence-corrected chi connectivity index (χ1v) is 6.79. The number of rotatable bonds is 6. The number of quaternary nitrogens is 1. The third kappa shape index (κ3) is 3.94. The minimum Gasteiger partial charge on any atom is -0.490 e. The van der Waals surface area contributed by atoms with Crippen LogP contribution in [-0.2, 0) is 0 Å². The van der Waals surface area contributed by atoms with E-state index in [4.69, 9.17) is 4.74 Å². The van der Waals surface area contributed by atoms with E-state index in [-0.39, 0.29) is 0 Å². The smallest absolute Gasteiger partial charge is 0.137 e. The molecule has 0 unspecified atom stereocenters. The zero-order valence-corrected chi connectivity index (χ0v) is 11.5. The average Bonchev–Trinajstić information content (AvgIpc) is 2.42. The van der Waals surface area contributed by atoms with Gasteiger partial charge in [0.05, 0.1) is 6.04 Å². The maximum Gasteiger partial charge on any atom is 0.137 e. The molecule has 3 heteroatoms. The van der Waals surface area contributed by atoms with Gasteiger partial charge < -0.3 is 15.2 Å². The first kappa shape index (κ1) is 13.8. The highest BCUT2D eigenvalue weighted by Crippen LogP contribution is 2.25. The number of ether oxygens (including phenoxy) is 1. The lowest BCUT2D eigenvalue weighted by Crippen LogP contribution is -2.90. The van der Waals surface area contributed by atoms with Crippen LogP contribution >= 0.6 is 0 Å². The van der Waals surface area contributed by atoms with E-state index in [2.05, 4.69) is 31.3 Å². The van der Waals surface area contributed by atoms with Crippen LogP contribution in [0.15, 0.2) is 42.5 Å². The van der Waals surface area contributed by atoms with E-state index in [1.54, 1.807) is 0 Å². The Morgan fingerprint density at radius 1 is 1.11 bits per heavy atom. The molecule has 0 spiro atoms. The summed E-state index contributed by atoms with van der Waals surface area (Å²) < 4.78 is 5.74. The summed E-state index contributed by atoms with van der Waals surface area (Å²) >= 11 is 0. The number of fused-ring (bicyclic) bond motifs is 1. The van der Waals surface area contributed by atoms with E-state index in [1.807, 2.05) is 30.3 Å². The molecule has 0 aliphatic carbocycles. The van der Waals surface area contributed by atoms with E-state index in [9.17, 15) is 5.11 Å². The van der Waals surface area contributed by atoms with Gasteiger partial charge in [-0.3, -0.25) is 0 Å². The Kier molecular flexibility index (Phi) is 4.77. The molecule has 0 amide bonds. The summed E-state index contributed by atoms with van der Waals surface area (Å²) in [7, 11) is 0. The van der Waals surface area contributed by atoms with E-state index < -0.39 is 6.10 Å². The Bertz CT molecular complexity index is 520. The maximum atomic E-state index is 9.88. The van der Waals surface area contributed by atoms with Gasteiger partial charge in [-0.1, -0.05) is 36.4 Å². The van der Waals surface area contributed by atoms with Gasteiger partial charge in [-0.05, 0) is 25.3 Å². The standard InChI is InChI=1S/C16H21NO2/c1-12(2)17-10-14(18)11-19-16-9-5-7-13-6-3-4-8-15(13)16/h3-9,12,14,17-18H,10-11H2,1-2H3/p+1/t14-/m0/s1. The van der Waals surface area contributed by atoms with E-state index in [0.717, 1.165) is 16.5 Å². The SMILES string of the molecule is CC(C)[NH2+]C[C@H](O)COc1cccc2ccccc12. The Hall–Kier alpha value is -1.58. The van der Waals surface area contributed by atoms with Gasteiger partial charge in [0.25, 0.3) is 0 Å². The monoisotopic (exact) mass is 260 g/mol. The number of hydrogen-bond acceptors (Lipinski definition) is 2. The van der Waals surface area contributed by atoms with Crippen LogP contribution in [0.2, 0.25) is 0 Å². The molecule has 3 N–H and O–H groups in total. The minimum atomic E-state index is -0.443. The molecule has 19 heavy (non-hydrogen) atoms. The number of aliphatic hydroxyl groups excluding tert-OH is 1. The van der Waals surface area contributed by atoms with Gasteiger partial charge >= 0.3 is 0 Å². The molecule has 0 heterocycles. The fourth-order valence-corrected chi connectivity index (χ4v) is 2.00. The second-order valence-electron chi connectivity index (χ2n) is 5.16. The lowest BCUT2D eigenvalue weighted by Gasteiger charge is -2.14. The van der Waals surface area contributed by atoms with Crippen LogP contribution in [0.25, 0.3) is 10.8 Å². The molecule has 0 saturated heterocycles. The summed E-state index contributed by atoms with van der Waals surface area (Å²) in [6, 6.07) is 14.6. The van der Waals surface area contributed by atoms with Crippen LogP contribution in [0, 0.1) is 0 Å². The summed E-state index contributed by atoms with van der Waals surface area (Å²) in [5, 5.41) is 14.2. The lowest BCUT2D eigenvalue weighted by molar-refractivity contribution is -0.688. The quantitative estimate of drug-likeness (QED) is 0.828. The van der Waals surface area contributed by atoms with Crippen molar-refractivity contribution >= 4 is 10.8 Å². The summed E-state index contributed by atoms with van der Waals surface area (Å²) in [4.78, 5) is 0. The van der Waals surface area contributed by atoms with Crippen molar-refractivity contribution in [2.24, 2.45) is 0 Å². The van der Waals surface area contributed by atoms with Gasteiger partial charge in [-0.15, -0.1) is 0 Å². The van der Waals surface area contributed by atoms with Crippen molar-refractivity contribution in [2.75, 3.05) is 13.2 Å². The van der Waals surface area contributed by atoms with Crippen molar-refractivity contribution in [3.63, 3.8) is 0 Å². The molecule has 0 bridgehead atoms. The first-order chi connectivity index (χ1) is 9.16. The molecule has 0 radical (unpaired) electrons.